The van der Waals surface area contributed by atoms with E-state index >= 15 is 0 Å². The van der Waals surface area contributed by atoms with Gasteiger partial charge in [0, 0.05) is 12.1 Å². The van der Waals surface area contributed by atoms with Crippen molar-refractivity contribution in [1.29, 1.82) is 0 Å². The highest BCUT2D eigenvalue weighted by Crippen LogP contribution is 2.37. The van der Waals surface area contributed by atoms with Crippen molar-refractivity contribution in [2.75, 3.05) is 13.1 Å². The first-order chi connectivity index (χ1) is 11.3. The van der Waals surface area contributed by atoms with Gasteiger partial charge in [0.2, 0.25) is 11.8 Å². The Labute approximate surface area is 140 Å². The van der Waals surface area contributed by atoms with Gasteiger partial charge >= 0.3 is 6.18 Å². The maximum atomic E-state index is 12.8. The Balaban J connectivity index is 1.86. The number of amides is 2. The van der Waals surface area contributed by atoms with E-state index in [0.717, 1.165) is 25.7 Å². The van der Waals surface area contributed by atoms with Crippen LogP contribution in [0.25, 0.3) is 0 Å². The van der Waals surface area contributed by atoms with Crippen LogP contribution in [0.2, 0.25) is 0 Å². The van der Waals surface area contributed by atoms with Gasteiger partial charge in [-0.05, 0) is 32.1 Å². The molecule has 0 aromatic heterocycles. The summed E-state index contributed by atoms with van der Waals surface area (Å²) in [6, 6.07) is -0.297. The number of carbonyl (C=O) groups is 2. The van der Waals surface area contributed by atoms with E-state index in [-0.39, 0.29) is 37.9 Å². The molecule has 8 heteroatoms. The molecule has 0 radical (unpaired) electrons. The average molecular weight is 349 g/mol. The van der Waals surface area contributed by atoms with Crippen LogP contribution in [-0.4, -0.2) is 48.1 Å². The summed E-state index contributed by atoms with van der Waals surface area (Å²) in [5.74, 6) is -2.16. The highest BCUT2D eigenvalue weighted by atomic mass is 19.4. The number of nitrogens with two attached hydrogens (primary N) is 1. The van der Waals surface area contributed by atoms with Gasteiger partial charge in [0.25, 0.3) is 0 Å². The van der Waals surface area contributed by atoms with Gasteiger partial charge in [0.15, 0.2) is 0 Å². The molecule has 0 aromatic rings. The minimum atomic E-state index is -4.20. The van der Waals surface area contributed by atoms with Crippen molar-refractivity contribution in [3.8, 4) is 0 Å². The van der Waals surface area contributed by atoms with Crippen LogP contribution in [0, 0.1) is 5.92 Å². The summed E-state index contributed by atoms with van der Waals surface area (Å²) in [6.45, 7) is 0.0225. The fourth-order valence-corrected chi connectivity index (χ4v) is 3.86. The zero-order valence-corrected chi connectivity index (χ0v) is 13.8. The lowest BCUT2D eigenvalue weighted by Crippen LogP contribution is -2.49. The van der Waals surface area contributed by atoms with Gasteiger partial charge in [-0.1, -0.05) is 19.3 Å². The van der Waals surface area contributed by atoms with Gasteiger partial charge in [0.1, 0.15) is 0 Å². The minimum absolute atomic E-state index is 0.00787. The van der Waals surface area contributed by atoms with Crippen molar-refractivity contribution in [2.24, 2.45) is 11.7 Å². The topological polar surface area (TPSA) is 75.4 Å². The summed E-state index contributed by atoms with van der Waals surface area (Å²) in [4.78, 5) is 25.2. The van der Waals surface area contributed by atoms with E-state index in [0.29, 0.717) is 12.8 Å². The number of hydrogen-bond acceptors (Lipinski definition) is 3. The zero-order chi connectivity index (χ0) is 17.7. The van der Waals surface area contributed by atoms with Gasteiger partial charge in [-0.15, -0.1) is 0 Å². The molecule has 2 fully saturated rings. The first-order valence-electron chi connectivity index (χ1n) is 8.64. The lowest BCUT2D eigenvalue weighted by atomic mass is 9.85. The average Bonchev–Trinajstić information content (AvgIpc) is 2.99. The van der Waals surface area contributed by atoms with Crippen molar-refractivity contribution in [3.05, 3.63) is 0 Å². The second-order valence-electron chi connectivity index (χ2n) is 6.98. The van der Waals surface area contributed by atoms with E-state index in [1.54, 1.807) is 4.90 Å². The van der Waals surface area contributed by atoms with E-state index in [1.165, 1.54) is 0 Å². The Bertz CT molecular complexity index is 450. The van der Waals surface area contributed by atoms with Gasteiger partial charge in [-0.25, -0.2) is 0 Å². The predicted octanol–water partition coefficient (Wildman–Crippen LogP) is 1.95. The van der Waals surface area contributed by atoms with Crippen LogP contribution in [0.4, 0.5) is 13.2 Å². The normalized spacial score (nSPS) is 25.8. The Morgan fingerprint density at radius 3 is 2.29 bits per heavy atom. The number of primary amides is 1. The highest BCUT2D eigenvalue weighted by molar-refractivity contribution is 5.80. The Morgan fingerprint density at radius 1 is 1.04 bits per heavy atom. The molecule has 0 unspecified atom stereocenters. The van der Waals surface area contributed by atoms with Gasteiger partial charge in [-0.3, -0.25) is 14.5 Å². The number of halogens is 3. The van der Waals surface area contributed by atoms with Crippen LogP contribution < -0.4 is 11.1 Å². The van der Waals surface area contributed by atoms with Crippen LogP contribution in [-0.2, 0) is 9.59 Å². The van der Waals surface area contributed by atoms with E-state index in [1.807, 2.05) is 0 Å². The van der Waals surface area contributed by atoms with Crippen molar-refractivity contribution in [1.82, 2.24) is 10.2 Å². The molecule has 2 aliphatic carbocycles. The minimum Gasteiger partial charge on any atom is -0.369 e. The fraction of sp³-hybridized carbons (Fsp3) is 0.875. The largest absolute Gasteiger partial charge is 0.391 e. The van der Waals surface area contributed by atoms with E-state index in [2.05, 4.69) is 5.32 Å². The predicted molar refractivity (Wildman–Crippen MR) is 83.0 cm³/mol. The van der Waals surface area contributed by atoms with Crippen LogP contribution in [0.3, 0.4) is 0 Å². The lowest BCUT2D eigenvalue weighted by Gasteiger charge is -2.32. The maximum Gasteiger partial charge on any atom is 0.391 e. The summed E-state index contributed by atoms with van der Waals surface area (Å²) in [6.07, 6.45) is 0.834. The van der Waals surface area contributed by atoms with Crippen LogP contribution in [0.1, 0.15) is 51.4 Å². The molecule has 2 saturated carbocycles. The number of rotatable bonds is 6. The molecule has 2 amide bonds. The molecule has 2 atom stereocenters. The van der Waals surface area contributed by atoms with Crippen molar-refractivity contribution >= 4 is 11.8 Å². The molecule has 0 saturated heterocycles. The van der Waals surface area contributed by atoms with Crippen molar-refractivity contribution < 1.29 is 22.8 Å². The van der Waals surface area contributed by atoms with E-state index in [4.69, 9.17) is 5.73 Å². The summed E-state index contributed by atoms with van der Waals surface area (Å²) in [5, 5.41) is 2.72. The summed E-state index contributed by atoms with van der Waals surface area (Å²) in [7, 11) is 0. The molecule has 24 heavy (non-hydrogen) atoms. The van der Waals surface area contributed by atoms with Crippen LogP contribution in [0.15, 0.2) is 0 Å². The SMILES string of the molecule is NC(=O)CN(CC(=O)N[C@H]1CCC[C@@H](C(F)(F)F)C1)C1CCCC1. The molecule has 0 aromatic carbocycles. The molecular weight excluding hydrogens is 323 g/mol. The quantitative estimate of drug-likeness (QED) is 0.770. The monoisotopic (exact) mass is 349 g/mol. The Kier molecular flexibility index (Phi) is 6.48. The Hall–Kier alpha value is -1.31. The second-order valence-corrected chi connectivity index (χ2v) is 6.98. The standard InChI is InChI=1S/C16H26F3N3O2/c17-16(18,19)11-4-3-5-12(8-11)21-15(24)10-22(9-14(20)23)13-6-1-2-7-13/h11-13H,1-10H2,(H2,20,23)(H,21,24)/t11-,12+/m1/s1. The molecule has 0 heterocycles. The summed E-state index contributed by atoms with van der Waals surface area (Å²) in [5.41, 5.74) is 5.25. The molecule has 2 rings (SSSR count). The number of hydrogen-bond donors (Lipinski definition) is 2. The number of nitrogens with one attached hydrogen (secondary N) is 1. The third-order valence-corrected chi connectivity index (χ3v) is 5.05. The van der Waals surface area contributed by atoms with Crippen molar-refractivity contribution in [2.45, 2.75) is 69.6 Å². The zero-order valence-electron chi connectivity index (χ0n) is 13.8. The number of alkyl halides is 3. The van der Waals surface area contributed by atoms with Crippen LogP contribution >= 0.6 is 0 Å². The third-order valence-electron chi connectivity index (χ3n) is 5.05. The maximum absolute atomic E-state index is 12.8. The molecule has 3 N–H and O–H groups in total. The third kappa shape index (κ3) is 5.65. The molecular formula is C16H26F3N3O2. The molecule has 0 aliphatic heterocycles. The molecule has 5 nitrogen and oxygen atoms in total. The fourth-order valence-electron chi connectivity index (χ4n) is 3.86. The Morgan fingerprint density at radius 2 is 1.71 bits per heavy atom. The first-order valence-corrected chi connectivity index (χ1v) is 8.64. The lowest BCUT2D eigenvalue weighted by molar-refractivity contribution is -0.184. The smallest absolute Gasteiger partial charge is 0.369 e. The summed E-state index contributed by atoms with van der Waals surface area (Å²) < 4.78 is 38.5. The van der Waals surface area contributed by atoms with Crippen molar-refractivity contribution in [3.63, 3.8) is 0 Å². The van der Waals surface area contributed by atoms with Gasteiger partial charge < -0.3 is 11.1 Å². The first kappa shape index (κ1) is 19.0. The second kappa shape index (κ2) is 8.18. The molecule has 0 spiro atoms. The van der Waals surface area contributed by atoms with E-state index in [9.17, 15) is 22.8 Å². The van der Waals surface area contributed by atoms with Gasteiger partial charge in [-0.2, -0.15) is 13.2 Å². The van der Waals surface area contributed by atoms with E-state index < -0.39 is 24.0 Å². The number of carbonyl (C=O) groups excluding carboxylic acids is 2. The number of nitrogens with zero attached hydrogens (tertiary/aromatic N) is 1. The van der Waals surface area contributed by atoms with Gasteiger partial charge in [0.05, 0.1) is 19.0 Å². The molecule has 138 valence electrons. The van der Waals surface area contributed by atoms with Crippen LogP contribution in [0.5, 0.6) is 0 Å². The molecule has 2 aliphatic rings. The highest BCUT2D eigenvalue weighted by Gasteiger charge is 2.42. The molecule has 0 bridgehead atoms. The summed E-state index contributed by atoms with van der Waals surface area (Å²) >= 11 is 0.